The van der Waals surface area contributed by atoms with Gasteiger partial charge < -0.3 is 0 Å². The molecule has 0 heterocycles. The van der Waals surface area contributed by atoms with Gasteiger partial charge in [0.1, 0.15) is 0 Å². The molecule has 0 amide bonds. The lowest BCUT2D eigenvalue weighted by Gasteiger charge is -2.10. The number of carbonyl (C=O) groups excluding carboxylic acids is 2. The molecule has 9 heteroatoms. The van der Waals surface area contributed by atoms with Gasteiger partial charge in [-0.15, -0.1) is 0 Å². The molecule has 0 aliphatic rings. The normalized spacial score (nSPS) is 11.5. The van der Waals surface area contributed by atoms with E-state index in [0.717, 1.165) is 35.4 Å². The first-order valence-corrected chi connectivity index (χ1v) is 13.4. The molecule has 4 rings (SSSR count). The summed E-state index contributed by atoms with van der Waals surface area (Å²) >= 11 is 3.11. The highest BCUT2D eigenvalue weighted by molar-refractivity contribution is 9.09. The Morgan fingerprint density at radius 3 is 1.34 bits per heavy atom. The van der Waals surface area contributed by atoms with Crippen molar-refractivity contribution in [1.29, 1.82) is 0 Å². The second-order valence-corrected chi connectivity index (χ2v) is 9.89. The van der Waals surface area contributed by atoms with Crippen LogP contribution in [0.4, 0.5) is 26.3 Å². The molecular weight excluding hydrogens is 610 g/mol. The van der Waals surface area contributed by atoms with Crippen molar-refractivity contribution in [2.24, 2.45) is 0 Å². The van der Waals surface area contributed by atoms with Gasteiger partial charge in [-0.1, -0.05) is 76.6 Å². The van der Waals surface area contributed by atoms with E-state index < -0.39 is 23.5 Å². The van der Waals surface area contributed by atoms with Gasteiger partial charge in [0.05, 0.1) is 16.5 Å². The zero-order valence-electron chi connectivity index (χ0n) is 22.3. The molecule has 4 aromatic rings. The largest absolute Gasteiger partial charge is 0.416 e. The molecule has 214 valence electrons. The van der Waals surface area contributed by atoms with Crippen molar-refractivity contribution >= 4 is 27.5 Å². The number of benzene rings is 4. The molecule has 0 fully saturated rings. The van der Waals surface area contributed by atoms with Crippen LogP contribution in [-0.4, -0.2) is 16.9 Å². The Morgan fingerprint density at radius 1 is 0.610 bits per heavy atom. The van der Waals surface area contributed by atoms with E-state index in [-0.39, 0.29) is 16.9 Å². The molecule has 0 saturated heterocycles. The van der Waals surface area contributed by atoms with E-state index in [1.54, 1.807) is 62.4 Å². The summed E-state index contributed by atoms with van der Waals surface area (Å²) in [5, 5.41) is 0.219. The standard InChI is InChI=1S/C16H12BrF3O.C16H13F3O/c1-10-7-12(5-6-14(10)15(21)9-17)11-3-2-4-13(8-11)16(18,19)20;1-10-8-13(6-7-15(10)11(2)20)12-4-3-5-14(9-12)16(17,18)19/h2-8H,9H2,1H3;3-9H,1-2H3. The first-order chi connectivity index (χ1) is 19.1. The van der Waals surface area contributed by atoms with Crippen LogP contribution in [0.15, 0.2) is 84.9 Å². The van der Waals surface area contributed by atoms with Crippen molar-refractivity contribution < 1.29 is 35.9 Å². The van der Waals surface area contributed by atoms with E-state index in [9.17, 15) is 35.9 Å². The Labute approximate surface area is 242 Å². The monoisotopic (exact) mass is 634 g/mol. The fraction of sp³-hybridized carbons (Fsp3) is 0.188. The zero-order chi connectivity index (χ0) is 30.5. The number of aryl methyl sites for hydroxylation is 2. The van der Waals surface area contributed by atoms with Gasteiger partial charge in [-0.05, 0) is 78.4 Å². The minimum atomic E-state index is -4.36. The summed E-state index contributed by atoms with van der Waals surface area (Å²) in [6, 6.07) is 20.4. The van der Waals surface area contributed by atoms with Crippen LogP contribution >= 0.6 is 15.9 Å². The number of hydrogen-bond donors (Lipinski definition) is 0. The second kappa shape index (κ2) is 12.9. The van der Waals surface area contributed by atoms with Gasteiger partial charge >= 0.3 is 12.4 Å². The van der Waals surface area contributed by atoms with Crippen LogP contribution in [0.1, 0.15) is 49.9 Å². The van der Waals surface area contributed by atoms with Crippen molar-refractivity contribution in [2.45, 2.75) is 33.1 Å². The smallest absolute Gasteiger partial charge is 0.295 e. The SMILES string of the molecule is CC(=O)c1ccc(-c2cccc(C(F)(F)F)c2)cc1C.Cc1cc(-c2cccc(C(F)(F)F)c2)ccc1C(=O)CBr. The van der Waals surface area contributed by atoms with Gasteiger partial charge in [0, 0.05) is 11.1 Å². The van der Waals surface area contributed by atoms with E-state index >= 15 is 0 Å². The lowest BCUT2D eigenvalue weighted by atomic mass is 9.97. The first kappa shape index (κ1) is 31.8. The Hall–Kier alpha value is -3.72. The molecule has 0 spiro atoms. The quantitative estimate of drug-likeness (QED) is 0.124. The van der Waals surface area contributed by atoms with Gasteiger partial charge in [-0.3, -0.25) is 9.59 Å². The molecule has 0 saturated carbocycles. The summed E-state index contributed by atoms with van der Waals surface area (Å²) in [5.41, 5.74) is 3.58. The van der Waals surface area contributed by atoms with Crippen LogP contribution in [0.5, 0.6) is 0 Å². The Kier molecular flexibility index (Phi) is 9.97. The molecule has 0 N–H and O–H groups in total. The maximum absolute atomic E-state index is 12.7. The van der Waals surface area contributed by atoms with Crippen LogP contribution < -0.4 is 0 Å². The van der Waals surface area contributed by atoms with Gasteiger partial charge in [-0.25, -0.2) is 0 Å². The van der Waals surface area contributed by atoms with Gasteiger partial charge in [0.2, 0.25) is 0 Å². The Balaban J connectivity index is 0.000000226. The number of carbonyl (C=O) groups is 2. The number of ketones is 2. The number of hydrogen-bond acceptors (Lipinski definition) is 2. The molecule has 0 atom stereocenters. The number of Topliss-reactive ketones (excluding diaryl/α,β-unsaturated/α-hetero) is 2. The molecule has 0 aliphatic carbocycles. The molecule has 0 aromatic heterocycles. The second-order valence-electron chi connectivity index (χ2n) is 9.33. The maximum Gasteiger partial charge on any atom is 0.416 e. The Bertz CT molecular complexity index is 1570. The molecular formula is C32H25BrF6O2. The molecule has 0 bridgehead atoms. The van der Waals surface area contributed by atoms with E-state index in [2.05, 4.69) is 15.9 Å². The van der Waals surface area contributed by atoms with E-state index in [4.69, 9.17) is 0 Å². The predicted molar refractivity (Wildman–Crippen MR) is 151 cm³/mol. The third kappa shape index (κ3) is 8.16. The highest BCUT2D eigenvalue weighted by atomic mass is 79.9. The molecule has 0 aliphatic heterocycles. The summed E-state index contributed by atoms with van der Waals surface area (Å²) < 4.78 is 76.3. The summed E-state index contributed by atoms with van der Waals surface area (Å²) in [6.07, 6.45) is -8.72. The van der Waals surface area contributed by atoms with Gasteiger partial charge in [0.25, 0.3) is 0 Å². The topological polar surface area (TPSA) is 34.1 Å². The van der Waals surface area contributed by atoms with E-state index in [1.165, 1.54) is 19.1 Å². The van der Waals surface area contributed by atoms with Crippen LogP contribution in [-0.2, 0) is 12.4 Å². The predicted octanol–water partition coefficient (Wildman–Crippen LogP) is 10.1. The van der Waals surface area contributed by atoms with Crippen LogP contribution in [0.3, 0.4) is 0 Å². The van der Waals surface area contributed by atoms with E-state index in [0.29, 0.717) is 33.4 Å². The highest BCUT2D eigenvalue weighted by Crippen LogP contribution is 2.34. The van der Waals surface area contributed by atoms with Gasteiger partial charge in [-0.2, -0.15) is 26.3 Å². The summed E-state index contributed by atoms with van der Waals surface area (Å²) in [7, 11) is 0. The van der Waals surface area contributed by atoms with Crippen molar-refractivity contribution in [3.63, 3.8) is 0 Å². The molecule has 2 nitrogen and oxygen atoms in total. The fourth-order valence-corrected chi connectivity index (χ4v) is 4.52. The molecule has 0 unspecified atom stereocenters. The van der Waals surface area contributed by atoms with Crippen LogP contribution in [0.2, 0.25) is 0 Å². The van der Waals surface area contributed by atoms with Crippen molar-refractivity contribution in [2.75, 3.05) is 5.33 Å². The minimum absolute atomic E-state index is 0.0527. The Morgan fingerprint density at radius 2 is 1.00 bits per heavy atom. The highest BCUT2D eigenvalue weighted by Gasteiger charge is 2.31. The lowest BCUT2D eigenvalue weighted by molar-refractivity contribution is -0.138. The molecule has 41 heavy (non-hydrogen) atoms. The molecule has 4 aromatic carbocycles. The third-order valence-corrected chi connectivity index (χ3v) is 6.81. The van der Waals surface area contributed by atoms with E-state index in [1.807, 2.05) is 0 Å². The van der Waals surface area contributed by atoms with Crippen molar-refractivity contribution in [3.8, 4) is 22.3 Å². The maximum atomic E-state index is 12.7. The summed E-state index contributed by atoms with van der Waals surface area (Å²) in [4.78, 5) is 23.0. The van der Waals surface area contributed by atoms with Crippen molar-refractivity contribution in [3.05, 3.63) is 118 Å². The van der Waals surface area contributed by atoms with Crippen LogP contribution in [0.25, 0.3) is 22.3 Å². The number of alkyl halides is 7. The third-order valence-electron chi connectivity index (χ3n) is 6.30. The minimum Gasteiger partial charge on any atom is -0.295 e. The number of halogens is 7. The van der Waals surface area contributed by atoms with Crippen LogP contribution in [0, 0.1) is 13.8 Å². The fourth-order valence-electron chi connectivity index (χ4n) is 4.22. The summed E-state index contributed by atoms with van der Waals surface area (Å²) in [6.45, 7) is 5.01. The average Bonchev–Trinajstić information content (AvgIpc) is 2.92. The van der Waals surface area contributed by atoms with Gasteiger partial charge in [0.15, 0.2) is 11.6 Å². The molecule has 0 radical (unpaired) electrons. The van der Waals surface area contributed by atoms with Crippen molar-refractivity contribution in [1.82, 2.24) is 0 Å². The zero-order valence-corrected chi connectivity index (χ0v) is 23.8. The summed E-state index contributed by atoms with van der Waals surface area (Å²) in [5.74, 6) is -0.110. The average molecular weight is 635 g/mol. The lowest BCUT2D eigenvalue weighted by Crippen LogP contribution is -2.05. The first-order valence-electron chi connectivity index (χ1n) is 12.3. The number of rotatable bonds is 5.